The van der Waals surface area contributed by atoms with E-state index in [-0.39, 0.29) is 6.04 Å². The number of benzene rings is 1. The Morgan fingerprint density at radius 1 is 1.36 bits per heavy atom. The van der Waals surface area contributed by atoms with E-state index in [0.717, 1.165) is 43.1 Å². The first kappa shape index (κ1) is 17.6. The number of rotatable bonds is 6. The van der Waals surface area contributed by atoms with E-state index < -0.39 is 10.0 Å². The zero-order valence-corrected chi connectivity index (χ0v) is 15.0. The number of piperidine rings is 1. The van der Waals surface area contributed by atoms with Crippen molar-refractivity contribution in [3.8, 4) is 5.75 Å². The zero-order valence-electron chi connectivity index (χ0n) is 13.3. The Bertz CT molecular complexity index is 597. The van der Waals surface area contributed by atoms with E-state index in [0.29, 0.717) is 0 Å². The molecule has 0 aromatic heterocycles. The van der Waals surface area contributed by atoms with Crippen molar-refractivity contribution in [1.29, 1.82) is 0 Å². The van der Waals surface area contributed by atoms with E-state index in [9.17, 15) is 8.42 Å². The number of methoxy groups -OCH3 is 1. The van der Waals surface area contributed by atoms with Crippen LogP contribution in [0.25, 0.3) is 0 Å². The van der Waals surface area contributed by atoms with E-state index in [1.165, 1.54) is 11.8 Å². The molecule has 5 nitrogen and oxygen atoms in total. The summed E-state index contributed by atoms with van der Waals surface area (Å²) in [5.41, 5.74) is 1.23. The van der Waals surface area contributed by atoms with Gasteiger partial charge in [-0.1, -0.05) is 6.07 Å². The first-order valence-corrected chi connectivity index (χ1v) is 10.4. The molecule has 124 valence electrons. The molecule has 1 saturated heterocycles. The molecule has 0 radical (unpaired) electrons. The van der Waals surface area contributed by atoms with Crippen LogP contribution in [-0.4, -0.2) is 52.1 Å². The van der Waals surface area contributed by atoms with E-state index in [1.54, 1.807) is 18.9 Å². The highest BCUT2D eigenvalue weighted by atomic mass is 32.2. The number of thioether (sulfide) groups is 1. The van der Waals surface area contributed by atoms with Gasteiger partial charge in [0.1, 0.15) is 5.75 Å². The van der Waals surface area contributed by atoms with E-state index in [1.807, 2.05) is 6.26 Å². The lowest BCUT2D eigenvalue weighted by atomic mass is 10.1. The summed E-state index contributed by atoms with van der Waals surface area (Å²) in [4.78, 5) is 3.50. The predicted molar refractivity (Wildman–Crippen MR) is 91.1 cm³/mol. The van der Waals surface area contributed by atoms with Gasteiger partial charge in [0.25, 0.3) is 0 Å². The van der Waals surface area contributed by atoms with Gasteiger partial charge in [0, 0.05) is 30.6 Å². The Hall–Kier alpha value is -0.760. The quantitative estimate of drug-likeness (QED) is 0.799. The number of hydrogen-bond acceptors (Lipinski definition) is 5. The minimum absolute atomic E-state index is 0.0691. The topological polar surface area (TPSA) is 58.6 Å². The monoisotopic (exact) mass is 344 g/mol. The molecule has 1 aliphatic rings. The maximum Gasteiger partial charge on any atom is 0.208 e. The highest BCUT2D eigenvalue weighted by molar-refractivity contribution is 7.98. The van der Waals surface area contributed by atoms with Crippen molar-refractivity contribution in [2.75, 3.05) is 32.7 Å². The van der Waals surface area contributed by atoms with Gasteiger partial charge in [-0.3, -0.25) is 4.90 Å². The van der Waals surface area contributed by atoms with Crippen LogP contribution in [0.3, 0.4) is 0 Å². The number of sulfonamides is 1. The van der Waals surface area contributed by atoms with Gasteiger partial charge < -0.3 is 4.74 Å². The fourth-order valence-electron chi connectivity index (χ4n) is 2.75. The number of likely N-dealkylation sites (tertiary alicyclic amines) is 1. The lowest BCUT2D eigenvalue weighted by Gasteiger charge is -2.32. The van der Waals surface area contributed by atoms with Gasteiger partial charge in [-0.05, 0) is 36.8 Å². The third-order valence-electron chi connectivity index (χ3n) is 3.82. The SMILES string of the molecule is COc1cc(CN2CCC(NS(C)(=O)=O)CC2)ccc1SC. The summed E-state index contributed by atoms with van der Waals surface area (Å²) in [5, 5.41) is 0. The van der Waals surface area contributed by atoms with Crippen LogP contribution in [0, 0.1) is 0 Å². The Morgan fingerprint density at radius 3 is 2.59 bits per heavy atom. The minimum Gasteiger partial charge on any atom is -0.496 e. The van der Waals surface area contributed by atoms with E-state index in [2.05, 4.69) is 27.8 Å². The van der Waals surface area contributed by atoms with Crippen LogP contribution >= 0.6 is 11.8 Å². The zero-order chi connectivity index (χ0) is 16.2. The van der Waals surface area contributed by atoms with Gasteiger partial charge in [0.05, 0.1) is 13.4 Å². The van der Waals surface area contributed by atoms with Crippen LogP contribution in [0.15, 0.2) is 23.1 Å². The molecule has 7 heteroatoms. The van der Waals surface area contributed by atoms with E-state index >= 15 is 0 Å². The van der Waals surface area contributed by atoms with Crippen molar-refractivity contribution in [2.45, 2.75) is 30.3 Å². The highest BCUT2D eigenvalue weighted by Gasteiger charge is 2.21. The van der Waals surface area contributed by atoms with Gasteiger partial charge in [-0.15, -0.1) is 11.8 Å². The Balaban J connectivity index is 1.91. The maximum absolute atomic E-state index is 11.3. The summed E-state index contributed by atoms with van der Waals surface area (Å²) >= 11 is 1.68. The minimum atomic E-state index is -3.10. The molecule has 2 rings (SSSR count). The fourth-order valence-corrected chi connectivity index (χ4v) is 4.14. The second kappa shape index (κ2) is 7.68. The molecule has 0 atom stereocenters. The molecule has 1 aromatic rings. The first-order valence-electron chi connectivity index (χ1n) is 7.32. The number of nitrogens with one attached hydrogen (secondary N) is 1. The second-order valence-corrected chi connectivity index (χ2v) is 8.26. The average Bonchev–Trinajstić information content (AvgIpc) is 2.47. The molecule has 1 heterocycles. The number of nitrogens with zero attached hydrogens (tertiary/aromatic N) is 1. The summed E-state index contributed by atoms with van der Waals surface area (Å²) in [6.07, 6.45) is 4.97. The van der Waals surface area contributed by atoms with E-state index in [4.69, 9.17) is 4.74 Å². The molecule has 1 fully saturated rings. The molecule has 1 aliphatic heterocycles. The third kappa shape index (κ3) is 5.15. The summed E-state index contributed by atoms with van der Waals surface area (Å²) in [7, 11) is -1.41. The first-order chi connectivity index (χ1) is 10.4. The molecule has 0 bridgehead atoms. The molecular formula is C15H24N2O3S2. The maximum atomic E-state index is 11.3. The molecule has 0 amide bonds. The molecule has 0 aliphatic carbocycles. The smallest absolute Gasteiger partial charge is 0.208 e. The summed E-state index contributed by atoms with van der Waals surface area (Å²) in [5.74, 6) is 0.915. The van der Waals surface area contributed by atoms with Gasteiger partial charge in [0.2, 0.25) is 10.0 Å². The van der Waals surface area contributed by atoms with Crippen LogP contribution in [0.4, 0.5) is 0 Å². The van der Waals surface area contributed by atoms with Crippen molar-refractivity contribution in [2.24, 2.45) is 0 Å². The Morgan fingerprint density at radius 2 is 2.05 bits per heavy atom. The third-order valence-corrected chi connectivity index (χ3v) is 5.36. The molecule has 0 unspecified atom stereocenters. The van der Waals surface area contributed by atoms with Crippen LogP contribution in [0.2, 0.25) is 0 Å². The van der Waals surface area contributed by atoms with Crippen LogP contribution in [-0.2, 0) is 16.6 Å². The van der Waals surface area contributed by atoms with Gasteiger partial charge in [-0.25, -0.2) is 13.1 Å². The molecule has 1 aromatic carbocycles. The average molecular weight is 345 g/mol. The van der Waals surface area contributed by atoms with Gasteiger partial charge in [0.15, 0.2) is 0 Å². The van der Waals surface area contributed by atoms with Crippen molar-refractivity contribution in [1.82, 2.24) is 9.62 Å². The van der Waals surface area contributed by atoms with Gasteiger partial charge in [-0.2, -0.15) is 0 Å². The lowest BCUT2D eigenvalue weighted by molar-refractivity contribution is 0.200. The molecule has 0 saturated carbocycles. The Kier molecular flexibility index (Phi) is 6.14. The fraction of sp³-hybridized carbons (Fsp3) is 0.600. The largest absolute Gasteiger partial charge is 0.496 e. The second-order valence-electron chi connectivity index (χ2n) is 5.63. The normalized spacial score (nSPS) is 17.6. The summed E-state index contributed by atoms with van der Waals surface area (Å²) < 4.78 is 30.6. The van der Waals surface area contributed by atoms with Crippen molar-refractivity contribution >= 4 is 21.8 Å². The molecular weight excluding hydrogens is 320 g/mol. The summed E-state index contributed by atoms with van der Waals surface area (Å²) in [6.45, 7) is 2.68. The summed E-state index contributed by atoms with van der Waals surface area (Å²) in [6, 6.07) is 6.39. The highest BCUT2D eigenvalue weighted by Crippen LogP contribution is 2.29. The molecule has 22 heavy (non-hydrogen) atoms. The van der Waals surface area contributed by atoms with Gasteiger partial charge >= 0.3 is 0 Å². The Labute approximate surface area is 137 Å². The van der Waals surface area contributed by atoms with Crippen LogP contribution in [0.5, 0.6) is 5.75 Å². The molecule has 1 N–H and O–H groups in total. The number of ether oxygens (including phenoxy) is 1. The van der Waals surface area contributed by atoms with Crippen molar-refractivity contribution < 1.29 is 13.2 Å². The predicted octanol–water partition coefficient (Wildman–Crippen LogP) is 1.93. The van der Waals surface area contributed by atoms with Crippen molar-refractivity contribution in [3.63, 3.8) is 0 Å². The van der Waals surface area contributed by atoms with Crippen LogP contribution < -0.4 is 9.46 Å². The van der Waals surface area contributed by atoms with Crippen molar-refractivity contribution in [3.05, 3.63) is 23.8 Å². The standard InChI is InChI=1S/C15H24N2O3S2/c1-20-14-10-12(4-5-15(14)21-2)11-17-8-6-13(7-9-17)16-22(3,18)19/h4-5,10,13,16H,6-9,11H2,1-3H3. The lowest BCUT2D eigenvalue weighted by Crippen LogP contribution is -2.43. The number of hydrogen-bond donors (Lipinski definition) is 1. The van der Waals surface area contributed by atoms with Crippen LogP contribution in [0.1, 0.15) is 18.4 Å². The molecule has 0 spiro atoms.